The van der Waals surface area contributed by atoms with Crippen LogP contribution in [0, 0.1) is 5.92 Å². The van der Waals surface area contributed by atoms with E-state index in [1.165, 1.54) is 0 Å². The first-order valence-electron chi connectivity index (χ1n) is 8.05. The quantitative estimate of drug-likeness (QED) is 0.861. The second-order valence-corrected chi connectivity index (χ2v) is 6.41. The molecule has 1 amide bonds. The molecule has 0 aliphatic rings. The Balaban J connectivity index is 2.11. The van der Waals surface area contributed by atoms with Gasteiger partial charge in [0.1, 0.15) is 5.82 Å². The normalized spacial score (nSPS) is 13.8. The van der Waals surface area contributed by atoms with E-state index in [0.717, 1.165) is 23.6 Å². The lowest BCUT2D eigenvalue weighted by atomic mass is 10.0. The van der Waals surface area contributed by atoms with Gasteiger partial charge >= 0.3 is 0 Å². The molecule has 1 aromatic heterocycles. The van der Waals surface area contributed by atoms with Crippen molar-refractivity contribution in [3.63, 3.8) is 0 Å². The summed E-state index contributed by atoms with van der Waals surface area (Å²) in [4.78, 5) is 16.5. The predicted molar refractivity (Wildman–Crippen MR) is 93.3 cm³/mol. The Morgan fingerprint density at radius 2 is 2.04 bits per heavy atom. The molecule has 0 radical (unpaired) electrons. The number of aromatic nitrogens is 2. The maximum atomic E-state index is 12.1. The van der Waals surface area contributed by atoms with E-state index in [2.05, 4.69) is 34.8 Å². The van der Waals surface area contributed by atoms with E-state index in [1.54, 1.807) is 0 Å². The van der Waals surface area contributed by atoms with Crippen LogP contribution in [0.15, 0.2) is 36.7 Å². The summed E-state index contributed by atoms with van der Waals surface area (Å²) < 4.78 is 2.14. The van der Waals surface area contributed by atoms with E-state index >= 15 is 0 Å². The van der Waals surface area contributed by atoms with E-state index in [1.807, 2.05) is 44.4 Å². The highest BCUT2D eigenvalue weighted by molar-refractivity contribution is 5.92. The number of imidazole rings is 1. The number of nitrogens with zero attached hydrogens (tertiary/aromatic N) is 2. The van der Waals surface area contributed by atoms with E-state index in [0.29, 0.717) is 5.92 Å². The highest BCUT2D eigenvalue weighted by atomic mass is 16.1. The minimum absolute atomic E-state index is 0.0531. The van der Waals surface area contributed by atoms with Crippen LogP contribution in [0.2, 0.25) is 0 Å². The molecule has 0 spiro atoms. The Hall–Kier alpha value is -2.14. The van der Waals surface area contributed by atoms with Gasteiger partial charge in [0.2, 0.25) is 5.91 Å². The molecule has 23 heavy (non-hydrogen) atoms. The van der Waals surface area contributed by atoms with Crippen molar-refractivity contribution in [3.8, 4) is 0 Å². The molecule has 0 saturated heterocycles. The molecular weight excluding hydrogens is 288 g/mol. The summed E-state index contributed by atoms with van der Waals surface area (Å²) >= 11 is 0. The van der Waals surface area contributed by atoms with E-state index < -0.39 is 0 Å². The third-order valence-electron chi connectivity index (χ3n) is 4.01. The number of hydrogen-bond donors (Lipinski definition) is 2. The van der Waals surface area contributed by atoms with Gasteiger partial charge in [0, 0.05) is 36.6 Å². The summed E-state index contributed by atoms with van der Waals surface area (Å²) in [5, 5.41) is 2.94. The van der Waals surface area contributed by atoms with Gasteiger partial charge in [0.05, 0.1) is 5.92 Å². The average molecular weight is 314 g/mol. The number of carbonyl (C=O) groups is 1. The van der Waals surface area contributed by atoms with Crippen LogP contribution in [0.4, 0.5) is 5.69 Å². The lowest BCUT2D eigenvalue weighted by Gasteiger charge is -2.16. The molecule has 124 valence electrons. The molecule has 0 aliphatic heterocycles. The van der Waals surface area contributed by atoms with Crippen molar-refractivity contribution < 1.29 is 4.79 Å². The number of nitrogens with two attached hydrogens (primary N) is 1. The highest BCUT2D eigenvalue weighted by Crippen LogP contribution is 2.17. The molecule has 3 N–H and O–H groups in total. The zero-order valence-corrected chi connectivity index (χ0v) is 14.3. The third-order valence-corrected chi connectivity index (χ3v) is 4.01. The average Bonchev–Trinajstić information content (AvgIpc) is 2.95. The van der Waals surface area contributed by atoms with Gasteiger partial charge in [-0.3, -0.25) is 4.79 Å². The standard InChI is InChI=1S/C18H26N4O/c1-12(2)17-20-8-9-22(17)11-15-6-5-7-16(10-15)21-18(23)13(3)14(4)19/h5-10,12-14H,11,19H2,1-4H3,(H,21,23). The SMILES string of the molecule is CC(C)c1nccn1Cc1cccc(NC(=O)C(C)C(C)N)c1. The number of nitrogens with one attached hydrogen (secondary N) is 1. The van der Waals surface area contributed by atoms with Crippen LogP contribution in [-0.2, 0) is 11.3 Å². The fraction of sp³-hybridized carbons (Fsp3) is 0.444. The Morgan fingerprint density at radius 1 is 1.30 bits per heavy atom. The van der Waals surface area contributed by atoms with Gasteiger partial charge in [-0.1, -0.05) is 32.9 Å². The zero-order chi connectivity index (χ0) is 17.0. The van der Waals surface area contributed by atoms with Crippen molar-refractivity contribution in [2.75, 3.05) is 5.32 Å². The van der Waals surface area contributed by atoms with E-state index in [9.17, 15) is 4.79 Å². The second kappa shape index (κ2) is 7.42. The Morgan fingerprint density at radius 3 is 2.70 bits per heavy atom. The largest absolute Gasteiger partial charge is 0.330 e. The summed E-state index contributed by atoms with van der Waals surface area (Å²) in [6.07, 6.45) is 3.81. The van der Waals surface area contributed by atoms with Crippen molar-refractivity contribution in [3.05, 3.63) is 48.0 Å². The van der Waals surface area contributed by atoms with Gasteiger partial charge in [0.25, 0.3) is 0 Å². The summed E-state index contributed by atoms with van der Waals surface area (Å²) in [5.41, 5.74) is 7.70. The molecule has 2 aromatic rings. The van der Waals surface area contributed by atoms with Crippen molar-refractivity contribution >= 4 is 11.6 Å². The van der Waals surface area contributed by atoms with E-state index in [-0.39, 0.29) is 17.9 Å². The van der Waals surface area contributed by atoms with Crippen LogP contribution in [-0.4, -0.2) is 21.5 Å². The van der Waals surface area contributed by atoms with Crippen molar-refractivity contribution in [1.82, 2.24) is 9.55 Å². The molecule has 0 aliphatic carbocycles. The fourth-order valence-corrected chi connectivity index (χ4v) is 2.39. The van der Waals surface area contributed by atoms with Gasteiger partial charge in [-0.25, -0.2) is 4.98 Å². The number of carbonyl (C=O) groups excluding carboxylic acids is 1. The molecule has 0 bridgehead atoms. The summed E-state index contributed by atoms with van der Waals surface area (Å²) in [6, 6.07) is 7.72. The van der Waals surface area contributed by atoms with Gasteiger partial charge < -0.3 is 15.6 Å². The molecular formula is C18H26N4O. The van der Waals surface area contributed by atoms with Crippen LogP contribution >= 0.6 is 0 Å². The topological polar surface area (TPSA) is 72.9 Å². The molecule has 0 saturated carbocycles. The summed E-state index contributed by atoms with van der Waals surface area (Å²) in [5.74, 6) is 1.16. The first kappa shape index (κ1) is 17.2. The van der Waals surface area contributed by atoms with Gasteiger partial charge in [-0.15, -0.1) is 0 Å². The second-order valence-electron chi connectivity index (χ2n) is 6.41. The lowest BCUT2D eigenvalue weighted by Crippen LogP contribution is -2.34. The van der Waals surface area contributed by atoms with Crippen LogP contribution in [0.25, 0.3) is 0 Å². The molecule has 1 aromatic carbocycles. The molecule has 5 heteroatoms. The number of anilines is 1. The number of hydrogen-bond acceptors (Lipinski definition) is 3. The lowest BCUT2D eigenvalue weighted by molar-refractivity contribution is -0.119. The Labute approximate surface area is 137 Å². The number of benzene rings is 1. The predicted octanol–water partition coefficient (Wildman–Crippen LogP) is 2.98. The monoisotopic (exact) mass is 314 g/mol. The minimum atomic E-state index is -0.222. The zero-order valence-electron chi connectivity index (χ0n) is 14.3. The van der Waals surface area contributed by atoms with Crippen LogP contribution in [0.5, 0.6) is 0 Å². The summed E-state index contributed by atoms with van der Waals surface area (Å²) in [6.45, 7) is 8.67. The van der Waals surface area contributed by atoms with Crippen molar-refractivity contribution in [1.29, 1.82) is 0 Å². The van der Waals surface area contributed by atoms with Gasteiger partial charge in [-0.2, -0.15) is 0 Å². The maximum Gasteiger partial charge on any atom is 0.228 e. The molecule has 0 fully saturated rings. The van der Waals surface area contributed by atoms with Crippen molar-refractivity contribution in [2.24, 2.45) is 11.7 Å². The van der Waals surface area contributed by atoms with Crippen LogP contribution in [0.3, 0.4) is 0 Å². The number of amides is 1. The van der Waals surface area contributed by atoms with Gasteiger partial charge in [-0.05, 0) is 24.6 Å². The Kier molecular flexibility index (Phi) is 5.55. The molecule has 5 nitrogen and oxygen atoms in total. The minimum Gasteiger partial charge on any atom is -0.330 e. The smallest absolute Gasteiger partial charge is 0.228 e. The van der Waals surface area contributed by atoms with Crippen LogP contribution in [0.1, 0.15) is 45.0 Å². The maximum absolute atomic E-state index is 12.1. The number of rotatable bonds is 6. The molecule has 2 unspecified atom stereocenters. The third kappa shape index (κ3) is 4.42. The highest BCUT2D eigenvalue weighted by Gasteiger charge is 2.17. The molecule has 2 rings (SSSR count). The molecule has 2 atom stereocenters. The van der Waals surface area contributed by atoms with Crippen LogP contribution < -0.4 is 11.1 Å². The van der Waals surface area contributed by atoms with Crippen molar-refractivity contribution in [2.45, 2.75) is 46.2 Å². The fourth-order valence-electron chi connectivity index (χ4n) is 2.39. The first-order valence-corrected chi connectivity index (χ1v) is 8.05. The molecule has 1 heterocycles. The van der Waals surface area contributed by atoms with Gasteiger partial charge in [0.15, 0.2) is 0 Å². The summed E-state index contributed by atoms with van der Waals surface area (Å²) in [7, 11) is 0. The van der Waals surface area contributed by atoms with E-state index in [4.69, 9.17) is 5.73 Å². The Bertz CT molecular complexity index is 661. The first-order chi connectivity index (χ1) is 10.9.